The zero-order valence-electron chi connectivity index (χ0n) is 8.83. The fraction of sp³-hybridized carbons (Fsp3) is 0.455. The number of fused-ring (bicyclic) bond motifs is 1. The van der Waals surface area contributed by atoms with Gasteiger partial charge in [-0.1, -0.05) is 0 Å². The first-order valence-electron chi connectivity index (χ1n) is 5.24. The largest absolute Gasteiger partial charge is 0.505 e. The van der Waals surface area contributed by atoms with Crippen molar-refractivity contribution < 1.29 is 19.0 Å². The Kier molecular flexibility index (Phi) is 3.14. The number of aromatic hydroxyl groups is 1. The summed E-state index contributed by atoms with van der Waals surface area (Å²) in [7, 11) is 0. The quantitative estimate of drug-likeness (QED) is 0.766. The maximum atomic E-state index is 13.3. The number of hydrogen-bond donors (Lipinski definition) is 2. The topological polar surface area (TPSA) is 64.7 Å². The minimum Gasteiger partial charge on any atom is -0.505 e. The molecule has 16 heavy (non-hydrogen) atoms. The highest BCUT2D eigenvalue weighted by Crippen LogP contribution is 2.42. The van der Waals surface area contributed by atoms with Crippen LogP contribution in [-0.2, 0) is 6.42 Å². The molecule has 0 radical (unpaired) electrons. The van der Waals surface area contributed by atoms with Crippen molar-refractivity contribution in [3.05, 3.63) is 17.4 Å². The van der Waals surface area contributed by atoms with Gasteiger partial charge in [0, 0.05) is 11.6 Å². The molecule has 1 aliphatic heterocycles. The van der Waals surface area contributed by atoms with Gasteiger partial charge in [-0.3, -0.25) is 0 Å². The molecule has 1 heterocycles. The fourth-order valence-electron chi connectivity index (χ4n) is 1.74. The van der Waals surface area contributed by atoms with Crippen LogP contribution in [0, 0.1) is 5.82 Å². The molecule has 1 aromatic rings. The van der Waals surface area contributed by atoms with Crippen LogP contribution in [0.3, 0.4) is 0 Å². The van der Waals surface area contributed by atoms with Crippen molar-refractivity contribution in [2.24, 2.45) is 5.73 Å². The number of ether oxygens (including phenoxy) is 2. The Bertz CT molecular complexity index is 395. The van der Waals surface area contributed by atoms with Crippen molar-refractivity contribution in [1.82, 2.24) is 0 Å². The van der Waals surface area contributed by atoms with E-state index in [1.807, 2.05) is 0 Å². The van der Waals surface area contributed by atoms with Crippen molar-refractivity contribution in [2.75, 3.05) is 13.3 Å². The second kappa shape index (κ2) is 4.57. The molecule has 0 bridgehead atoms. The average Bonchev–Trinajstić information content (AvgIpc) is 2.71. The summed E-state index contributed by atoms with van der Waals surface area (Å²) >= 11 is 0. The molecular weight excluding hydrogens is 213 g/mol. The number of phenolic OH excluding ortho intramolecular Hbond substituents is 1. The van der Waals surface area contributed by atoms with Crippen molar-refractivity contribution in [3.8, 4) is 17.2 Å². The lowest BCUT2D eigenvalue weighted by atomic mass is 10.0. The summed E-state index contributed by atoms with van der Waals surface area (Å²) < 4.78 is 23.6. The normalized spacial score (nSPS) is 13.1. The third kappa shape index (κ3) is 1.90. The van der Waals surface area contributed by atoms with Gasteiger partial charge < -0.3 is 20.3 Å². The van der Waals surface area contributed by atoms with Crippen LogP contribution in [0.15, 0.2) is 6.07 Å². The molecule has 3 N–H and O–H groups in total. The van der Waals surface area contributed by atoms with Crippen LogP contribution in [-0.4, -0.2) is 18.4 Å². The number of phenols is 1. The van der Waals surface area contributed by atoms with E-state index in [1.54, 1.807) is 0 Å². The second-order valence-corrected chi connectivity index (χ2v) is 3.67. The van der Waals surface area contributed by atoms with Crippen LogP contribution in [0.4, 0.5) is 4.39 Å². The van der Waals surface area contributed by atoms with Gasteiger partial charge >= 0.3 is 0 Å². The van der Waals surface area contributed by atoms with E-state index in [-0.39, 0.29) is 12.5 Å². The number of rotatable bonds is 4. The predicted octanol–water partition coefficient (Wildman–Crippen LogP) is 1.54. The van der Waals surface area contributed by atoms with E-state index >= 15 is 0 Å². The minimum absolute atomic E-state index is 0.0715. The van der Waals surface area contributed by atoms with E-state index in [2.05, 4.69) is 0 Å². The van der Waals surface area contributed by atoms with E-state index in [1.165, 1.54) is 0 Å². The van der Waals surface area contributed by atoms with Crippen molar-refractivity contribution >= 4 is 0 Å². The maximum Gasteiger partial charge on any atom is 0.231 e. The lowest BCUT2D eigenvalue weighted by Gasteiger charge is -2.08. The Labute approximate surface area is 92.8 Å². The summed E-state index contributed by atoms with van der Waals surface area (Å²) in [6.45, 7) is 0.651. The molecule has 0 aromatic heterocycles. The zero-order valence-corrected chi connectivity index (χ0v) is 8.83. The third-order valence-electron chi connectivity index (χ3n) is 2.57. The van der Waals surface area contributed by atoms with Gasteiger partial charge in [0.1, 0.15) is 0 Å². The first kappa shape index (κ1) is 11.0. The summed E-state index contributed by atoms with van der Waals surface area (Å²) in [5.41, 5.74) is 5.85. The Morgan fingerprint density at radius 1 is 1.38 bits per heavy atom. The van der Waals surface area contributed by atoms with Crippen LogP contribution in [0.25, 0.3) is 0 Å². The molecule has 1 aliphatic rings. The number of nitrogens with two attached hydrogens (primary N) is 1. The van der Waals surface area contributed by atoms with Gasteiger partial charge in [-0.05, 0) is 25.8 Å². The molecule has 0 fully saturated rings. The first-order valence-corrected chi connectivity index (χ1v) is 5.24. The SMILES string of the molecule is NCCCCc1c(O)c(F)cc2c1OCO2. The Hall–Kier alpha value is -1.49. The molecule has 1 aromatic carbocycles. The van der Waals surface area contributed by atoms with E-state index in [4.69, 9.17) is 15.2 Å². The van der Waals surface area contributed by atoms with Gasteiger partial charge in [-0.25, -0.2) is 4.39 Å². The number of halogens is 1. The summed E-state index contributed by atoms with van der Waals surface area (Å²) in [5, 5.41) is 9.62. The number of unbranched alkanes of at least 4 members (excludes halogenated alkanes) is 1. The highest BCUT2D eigenvalue weighted by molar-refractivity contribution is 5.55. The van der Waals surface area contributed by atoms with Crippen LogP contribution in [0.5, 0.6) is 17.2 Å². The Morgan fingerprint density at radius 3 is 2.94 bits per heavy atom. The molecule has 5 heteroatoms. The molecule has 0 amide bonds. The molecule has 0 unspecified atom stereocenters. The lowest BCUT2D eigenvalue weighted by Crippen LogP contribution is -2.00. The van der Waals surface area contributed by atoms with Gasteiger partial charge in [-0.2, -0.15) is 0 Å². The van der Waals surface area contributed by atoms with Gasteiger partial charge in [-0.15, -0.1) is 0 Å². The first-order chi connectivity index (χ1) is 7.74. The molecule has 0 atom stereocenters. The van der Waals surface area contributed by atoms with Gasteiger partial charge in [0.15, 0.2) is 23.1 Å². The van der Waals surface area contributed by atoms with E-state index in [9.17, 15) is 9.50 Å². The minimum atomic E-state index is -0.674. The molecule has 0 aliphatic carbocycles. The van der Waals surface area contributed by atoms with Crippen molar-refractivity contribution in [3.63, 3.8) is 0 Å². The highest BCUT2D eigenvalue weighted by atomic mass is 19.1. The summed E-state index contributed by atoms with van der Waals surface area (Å²) in [5.74, 6) is -0.206. The molecule has 0 spiro atoms. The predicted molar refractivity (Wildman–Crippen MR) is 56.2 cm³/mol. The highest BCUT2D eigenvalue weighted by Gasteiger charge is 2.23. The number of hydrogen-bond acceptors (Lipinski definition) is 4. The van der Waals surface area contributed by atoms with Crippen LogP contribution in [0.2, 0.25) is 0 Å². The zero-order chi connectivity index (χ0) is 11.5. The van der Waals surface area contributed by atoms with Crippen molar-refractivity contribution in [2.45, 2.75) is 19.3 Å². The molecule has 0 saturated carbocycles. The van der Waals surface area contributed by atoms with Gasteiger partial charge in [0.2, 0.25) is 6.79 Å². The summed E-state index contributed by atoms with van der Waals surface area (Å²) in [6.07, 6.45) is 2.14. The monoisotopic (exact) mass is 227 g/mol. The van der Waals surface area contributed by atoms with E-state index in [0.29, 0.717) is 30.0 Å². The fourth-order valence-corrected chi connectivity index (χ4v) is 1.74. The summed E-state index contributed by atoms with van der Waals surface area (Å²) in [6, 6.07) is 1.14. The van der Waals surface area contributed by atoms with E-state index in [0.717, 1.165) is 18.9 Å². The molecule has 0 saturated heterocycles. The summed E-state index contributed by atoms with van der Waals surface area (Å²) in [4.78, 5) is 0. The van der Waals surface area contributed by atoms with Crippen molar-refractivity contribution in [1.29, 1.82) is 0 Å². The van der Waals surface area contributed by atoms with Crippen LogP contribution >= 0.6 is 0 Å². The maximum absolute atomic E-state index is 13.3. The van der Waals surface area contributed by atoms with Crippen LogP contribution < -0.4 is 15.2 Å². The standard InChI is InChI=1S/C11H14FNO3/c12-8-5-9-11(16-6-15-9)7(10(8)14)3-1-2-4-13/h5,14H,1-4,6,13H2. The van der Waals surface area contributed by atoms with Gasteiger partial charge in [0.25, 0.3) is 0 Å². The third-order valence-corrected chi connectivity index (χ3v) is 2.57. The smallest absolute Gasteiger partial charge is 0.231 e. The average molecular weight is 227 g/mol. The number of benzene rings is 1. The second-order valence-electron chi connectivity index (χ2n) is 3.67. The molecule has 4 nitrogen and oxygen atoms in total. The van der Waals surface area contributed by atoms with E-state index < -0.39 is 5.82 Å². The Balaban J connectivity index is 2.27. The van der Waals surface area contributed by atoms with Gasteiger partial charge in [0.05, 0.1) is 0 Å². The molecule has 2 rings (SSSR count). The lowest BCUT2D eigenvalue weighted by molar-refractivity contribution is 0.173. The Morgan fingerprint density at radius 2 is 2.19 bits per heavy atom. The molecular formula is C11H14FNO3. The molecule has 88 valence electrons. The van der Waals surface area contributed by atoms with Crippen LogP contribution in [0.1, 0.15) is 18.4 Å².